The van der Waals surface area contributed by atoms with E-state index >= 15 is 0 Å². The van der Waals surface area contributed by atoms with Crippen LogP contribution in [0.25, 0.3) is 0 Å². The van der Waals surface area contributed by atoms with Gasteiger partial charge >= 0.3 is 0 Å². The molecule has 18 heavy (non-hydrogen) atoms. The van der Waals surface area contributed by atoms with Crippen LogP contribution in [-0.4, -0.2) is 6.26 Å². The van der Waals surface area contributed by atoms with Crippen molar-refractivity contribution in [1.29, 1.82) is 5.26 Å². The lowest BCUT2D eigenvalue weighted by atomic mass is 10.2. The summed E-state index contributed by atoms with van der Waals surface area (Å²) in [6.45, 7) is 0. The monoisotopic (exact) mass is 318 g/mol. The Morgan fingerprint density at radius 2 is 1.83 bits per heavy atom. The number of halogens is 1. The van der Waals surface area contributed by atoms with Crippen LogP contribution >= 0.6 is 27.7 Å². The lowest BCUT2D eigenvalue weighted by Gasteiger charge is -2.11. The van der Waals surface area contributed by atoms with E-state index in [2.05, 4.69) is 27.3 Å². The van der Waals surface area contributed by atoms with Crippen molar-refractivity contribution in [2.45, 2.75) is 4.90 Å². The quantitative estimate of drug-likeness (QED) is 0.827. The van der Waals surface area contributed by atoms with E-state index in [9.17, 15) is 5.26 Å². The Bertz CT molecular complexity index is 605. The molecule has 0 unspecified atom stereocenters. The fourth-order valence-corrected chi connectivity index (χ4v) is 2.59. The normalized spacial score (nSPS) is 9.83. The minimum absolute atomic E-state index is 0.681. The molecule has 0 saturated carbocycles. The molecule has 0 aliphatic carbocycles. The zero-order chi connectivity index (χ0) is 13.0. The Labute approximate surface area is 119 Å². The van der Waals surface area contributed by atoms with Crippen molar-refractivity contribution in [3.63, 3.8) is 0 Å². The fraction of sp³-hybridized carbons (Fsp3) is 0.0714. The van der Waals surface area contributed by atoms with Crippen molar-refractivity contribution < 1.29 is 0 Å². The smallest absolute Gasteiger partial charge is 0.103 e. The van der Waals surface area contributed by atoms with Gasteiger partial charge in [0.2, 0.25) is 0 Å². The fourth-order valence-electron chi connectivity index (χ4n) is 1.63. The molecule has 0 atom stereocenters. The molecule has 0 radical (unpaired) electrons. The van der Waals surface area contributed by atoms with Gasteiger partial charge in [0.1, 0.15) is 6.07 Å². The Morgan fingerprint density at radius 3 is 2.50 bits per heavy atom. The predicted octanol–water partition coefficient (Wildman–Crippen LogP) is 4.79. The van der Waals surface area contributed by atoms with Crippen molar-refractivity contribution >= 4 is 39.1 Å². The molecule has 0 saturated heterocycles. The third-order valence-electron chi connectivity index (χ3n) is 2.50. The maximum atomic E-state index is 9.26. The van der Waals surface area contributed by atoms with Crippen LogP contribution in [0.5, 0.6) is 0 Å². The number of nitriles is 1. The molecule has 1 N–H and O–H groups in total. The van der Waals surface area contributed by atoms with Crippen molar-refractivity contribution in [1.82, 2.24) is 0 Å². The molecular weight excluding hydrogens is 308 g/mol. The van der Waals surface area contributed by atoms with Crippen LogP contribution in [0.15, 0.2) is 51.8 Å². The van der Waals surface area contributed by atoms with Crippen LogP contribution in [0.3, 0.4) is 0 Å². The van der Waals surface area contributed by atoms with Gasteiger partial charge in [-0.15, -0.1) is 11.8 Å². The first-order chi connectivity index (χ1) is 8.76. The number of benzene rings is 2. The molecule has 2 rings (SSSR count). The number of para-hydroxylation sites is 1. The average Bonchev–Trinajstić information content (AvgIpc) is 2.41. The van der Waals surface area contributed by atoms with Crippen LogP contribution in [-0.2, 0) is 0 Å². The first-order valence-electron chi connectivity index (χ1n) is 5.35. The summed E-state index contributed by atoms with van der Waals surface area (Å²) in [5.74, 6) is 0. The predicted molar refractivity (Wildman–Crippen MR) is 80.4 cm³/mol. The zero-order valence-corrected chi connectivity index (χ0v) is 12.2. The number of nitrogens with one attached hydrogen (secondary N) is 1. The summed E-state index contributed by atoms with van der Waals surface area (Å²) in [5, 5.41) is 12.5. The van der Waals surface area contributed by atoms with E-state index in [0.717, 1.165) is 20.7 Å². The highest BCUT2D eigenvalue weighted by Gasteiger charge is 2.08. The van der Waals surface area contributed by atoms with Gasteiger partial charge in [0.05, 0.1) is 16.9 Å². The van der Waals surface area contributed by atoms with Crippen molar-refractivity contribution in [3.05, 3.63) is 52.5 Å². The lowest BCUT2D eigenvalue weighted by molar-refractivity contribution is 1.35. The number of hydrogen-bond acceptors (Lipinski definition) is 3. The number of thioether (sulfide) groups is 1. The molecule has 90 valence electrons. The summed E-state index contributed by atoms with van der Waals surface area (Å²) in [4.78, 5) is 0.981. The first-order valence-corrected chi connectivity index (χ1v) is 7.36. The maximum Gasteiger partial charge on any atom is 0.103 e. The zero-order valence-electron chi connectivity index (χ0n) is 9.77. The highest BCUT2D eigenvalue weighted by molar-refractivity contribution is 9.10. The highest BCUT2D eigenvalue weighted by Crippen LogP contribution is 2.31. The molecule has 4 heteroatoms. The van der Waals surface area contributed by atoms with Crippen LogP contribution < -0.4 is 5.32 Å². The SMILES string of the molecule is CSc1cccc(Nc2ccccc2Br)c1C#N. The molecule has 0 aliphatic rings. The van der Waals surface area contributed by atoms with Crippen LogP contribution in [0, 0.1) is 11.3 Å². The van der Waals surface area contributed by atoms with E-state index in [4.69, 9.17) is 0 Å². The second-order valence-corrected chi connectivity index (χ2v) is 5.30. The molecule has 2 nitrogen and oxygen atoms in total. The van der Waals surface area contributed by atoms with Gasteiger partial charge in [0.25, 0.3) is 0 Å². The van der Waals surface area contributed by atoms with Gasteiger partial charge in [-0.2, -0.15) is 5.26 Å². The van der Waals surface area contributed by atoms with Gasteiger partial charge in [-0.3, -0.25) is 0 Å². The van der Waals surface area contributed by atoms with Crippen LogP contribution in [0.1, 0.15) is 5.56 Å². The Hall–Kier alpha value is -1.44. The summed E-state index contributed by atoms with van der Waals surface area (Å²) >= 11 is 5.06. The van der Waals surface area contributed by atoms with Crippen LogP contribution in [0.4, 0.5) is 11.4 Å². The van der Waals surface area contributed by atoms with Gasteiger partial charge in [0.15, 0.2) is 0 Å². The second-order valence-electron chi connectivity index (χ2n) is 3.60. The molecule has 2 aromatic rings. The number of rotatable bonds is 3. The molecule has 2 aromatic carbocycles. The summed E-state index contributed by atoms with van der Waals surface area (Å²) in [6, 6.07) is 15.9. The molecule has 0 spiro atoms. The third kappa shape index (κ3) is 2.69. The van der Waals surface area contributed by atoms with E-state index in [1.54, 1.807) is 11.8 Å². The first kappa shape index (κ1) is 13.0. The minimum atomic E-state index is 0.681. The highest BCUT2D eigenvalue weighted by atomic mass is 79.9. The molecule has 0 amide bonds. The third-order valence-corrected chi connectivity index (χ3v) is 3.97. The largest absolute Gasteiger partial charge is 0.353 e. The summed E-state index contributed by atoms with van der Waals surface area (Å²) in [5.41, 5.74) is 2.46. The maximum absolute atomic E-state index is 9.26. The van der Waals surface area contributed by atoms with E-state index in [0.29, 0.717) is 5.56 Å². The Kier molecular flexibility index (Phi) is 4.29. The summed E-state index contributed by atoms with van der Waals surface area (Å²) in [6.07, 6.45) is 1.97. The van der Waals surface area contributed by atoms with Crippen molar-refractivity contribution in [2.75, 3.05) is 11.6 Å². The molecular formula is C14H11BrN2S. The van der Waals surface area contributed by atoms with E-state index in [1.165, 1.54) is 0 Å². The van der Waals surface area contributed by atoms with Crippen molar-refractivity contribution in [2.24, 2.45) is 0 Å². The lowest BCUT2D eigenvalue weighted by Crippen LogP contribution is -1.95. The number of hydrogen-bond donors (Lipinski definition) is 1. The van der Waals surface area contributed by atoms with E-state index in [1.807, 2.05) is 48.7 Å². The molecule has 0 heterocycles. The topological polar surface area (TPSA) is 35.8 Å². The van der Waals surface area contributed by atoms with Gasteiger partial charge in [-0.05, 0) is 46.5 Å². The second kappa shape index (κ2) is 5.94. The average molecular weight is 319 g/mol. The summed E-state index contributed by atoms with van der Waals surface area (Å²) in [7, 11) is 0. The Balaban J connectivity index is 2.42. The minimum Gasteiger partial charge on any atom is -0.353 e. The molecule has 0 aromatic heterocycles. The summed E-state index contributed by atoms with van der Waals surface area (Å²) < 4.78 is 0.975. The Morgan fingerprint density at radius 1 is 1.11 bits per heavy atom. The standard InChI is InChI=1S/C14H11BrN2S/c1-18-14-8-4-7-12(10(14)9-16)17-13-6-3-2-5-11(13)15/h2-8,17H,1H3. The van der Waals surface area contributed by atoms with Gasteiger partial charge in [0, 0.05) is 9.37 Å². The molecule has 0 bridgehead atoms. The van der Waals surface area contributed by atoms with E-state index in [-0.39, 0.29) is 0 Å². The number of nitrogens with zero attached hydrogens (tertiary/aromatic N) is 1. The number of anilines is 2. The molecule has 0 fully saturated rings. The van der Waals surface area contributed by atoms with Gasteiger partial charge in [-0.25, -0.2) is 0 Å². The van der Waals surface area contributed by atoms with Crippen molar-refractivity contribution in [3.8, 4) is 6.07 Å². The van der Waals surface area contributed by atoms with Gasteiger partial charge in [-0.1, -0.05) is 18.2 Å². The molecule has 0 aliphatic heterocycles. The van der Waals surface area contributed by atoms with Crippen LogP contribution in [0.2, 0.25) is 0 Å². The van der Waals surface area contributed by atoms with E-state index < -0.39 is 0 Å². The van der Waals surface area contributed by atoms with Gasteiger partial charge < -0.3 is 5.32 Å².